The lowest BCUT2D eigenvalue weighted by atomic mass is 10.1. The van der Waals surface area contributed by atoms with Crippen LogP contribution in [0.5, 0.6) is 5.75 Å². The molecule has 2 aromatic heterocycles. The number of halogens is 2. The van der Waals surface area contributed by atoms with Gasteiger partial charge in [0.15, 0.2) is 5.65 Å². The standard InChI is InChI=1S/C20H15F2N3O2/c1-11-19(15-8-5-13(21)9-16(15)22)20-23-17(10-18(26)25(20)24-11)12-3-6-14(27-2)7-4-12/h3-10,24H,1-2H3. The quantitative estimate of drug-likeness (QED) is 0.596. The van der Waals surface area contributed by atoms with Crippen LogP contribution in [0.3, 0.4) is 0 Å². The van der Waals surface area contributed by atoms with Gasteiger partial charge in [-0.15, -0.1) is 0 Å². The van der Waals surface area contributed by atoms with Gasteiger partial charge in [-0.2, -0.15) is 0 Å². The average Bonchev–Trinajstić information content (AvgIpc) is 2.98. The molecular weight excluding hydrogens is 352 g/mol. The molecule has 0 aliphatic carbocycles. The molecule has 0 radical (unpaired) electrons. The Hall–Kier alpha value is -3.48. The number of nitrogens with zero attached hydrogens (tertiary/aromatic N) is 2. The fourth-order valence-electron chi connectivity index (χ4n) is 3.07. The number of nitrogens with one attached hydrogen (secondary N) is 1. The van der Waals surface area contributed by atoms with Gasteiger partial charge < -0.3 is 4.74 Å². The first-order valence-electron chi connectivity index (χ1n) is 8.20. The molecule has 4 rings (SSSR count). The fraction of sp³-hybridized carbons (Fsp3) is 0.100. The van der Waals surface area contributed by atoms with Gasteiger partial charge in [0.2, 0.25) is 0 Å². The van der Waals surface area contributed by atoms with Crippen LogP contribution in [0.25, 0.3) is 28.0 Å². The van der Waals surface area contributed by atoms with Crippen molar-refractivity contribution < 1.29 is 13.5 Å². The number of aromatic amines is 1. The van der Waals surface area contributed by atoms with Crippen LogP contribution in [0.1, 0.15) is 5.69 Å². The third-order valence-electron chi connectivity index (χ3n) is 4.38. The van der Waals surface area contributed by atoms with Gasteiger partial charge in [0.05, 0.1) is 12.8 Å². The summed E-state index contributed by atoms with van der Waals surface area (Å²) in [4.78, 5) is 17.1. The normalized spacial score (nSPS) is 11.1. The average molecular weight is 367 g/mol. The van der Waals surface area contributed by atoms with Crippen LogP contribution in [0.2, 0.25) is 0 Å². The van der Waals surface area contributed by atoms with E-state index in [9.17, 15) is 13.6 Å². The number of aromatic nitrogens is 3. The molecule has 4 aromatic rings. The number of hydrogen-bond acceptors (Lipinski definition) is 3. The Kier molecular flexibility index (Phi) is 3.99. The van der Waals surface area contributed by atoms with Crippen molar-refractivity contribution in [3.8, 4) is 28.1 Å². The molecule has 0 spiro atoms. The number of methoxy groups -OCH3 is 1. The van der Waals surface area contributed by atoms with Crippen LogP contribution in [0.4, 0.5) is 8.78 Å². The van der Waals surface area contributed by atoms with E-state index in [0.29, 0.717) is 22.7 Å². The molecule has 0 atom stereocenters. The summed E-state index contributed by atoms with van der Waals surface area (Å²) < 4.78 is 34.0. The molecule has 2 aromatic carbocycles. The second-order valence-corrected chi connectivity index (χ2v) is 6.10. The minimum atomic E-state index is -0.719. The van der Waals surface area contributed by atoms with Gasteiger partial charge in [-0.1, -0.05) is 0 Å². The fourth-order valence-corrected chi connectivity index (χ4v) is 3.07. The second-order valence-electron chi connectivity index (χ2n) is 6.10. The van der Waals surface area contributed by atoms with Crippen LogP contribution < -0.4 is 10.3 Å². The minimum absolute atomic E-state index is 0.173. The van der Waals surface area contributed by atoms with Crippen LogP contribution >= 0.6 is 0 Å². The summed E-state index contributed by atoms with van der Waals surface area (Å²) in [6.45, 7) is 1.71. The Morgan fingerprint density at radius 2 is 1.81 bits per heavy atom. The highest BCUT2D eigenvalue weighted by molar-refractivity contribution is 5.81. The van der Waals surface area contributed by atoms with E-state index >= 15 is 0 Å². The Balaban J connectivity index is 1.96. The van der Waals surface area contributed by atoms with Crippen molar-refractivity contribution in [2.24, 2.45) is 0 Å². The smallest absolute Gasteiger partial charge is 0.273 e. The molecule has 0 saturated carbocycles. The highest BCUT2D eigenvalue weighted by Gasteiger charge is 2.18. The molecule has 1 N–H and O–H groups in total. The van der Waals surface area contributed by atoms with Gasteiger partial charge >= 0.3 is 0 Å². The number of benzene rings is 2. The maximum absolute atomic E-state index is 14.3. The van der Waals surface area contributed by atoms with Crippen molar-refractivity contribution in [1.29, 1.82) is 0 Å². The van der Waals surface area contributed by atoms with Crippen molar-refractivity contribution in [2.45, 2.75) is 6.92 Å². The highest BCUT2D eigenvalue weighted by Crippen LogP contribution is 2.30. The molecule has 5 nitrogen and oxygen atoms in total. The van der Waals surface area contributed by atoms with Crippen LogP contribution in [0, 0.1) is 18.6 Å². The first-order chi connectivity index (χ1) is 13.0. The van der Waals surface area contributed by atoms with Gasteiger partial charge in [-0.05, 0) is 43.3 Å². The van der Waals surface area contributed by atoms with E-state index in [-0.39, 0.29) is 16.8 Å². The maximum atomic E-state index is 14.3. The van der Waals surface area contributed by atoms with Gasteiger partial charge in [0, 0.05) is 34.5 Å². The summed E-state index contributed by atoms with van der Waals surface area (Å²) >= 11 is 0. The first-order valence-corrected chi connectivity index (χ1v) is 8.20. The Morgan fingerprint density at radius 3 is 2.48 bits per heavy atom. The van der Waals surface area contributed by atoms with Gasteiger partial charge in [-0.25, -0.2) is 18.3 Å². The number of H-pyrrole nitrogens is 1. The highest BCUT2D eigenvalue weighted by atomic mass is 19.1. The van der Waals surface area contributed by atoms with Crippen LogP contribution in [-0.2, 0) is 0 Å². The molecule has 27 heavy (non-hydrogen) atoms. The van der Waals surface area contributed by atoms with E-state index in [2.05, 4.69) is 10.1 Å². The molecule has 0 bridgehead atoms. The molecule has 0 amide bonds. The number of fused-ring (bicyclic) bond motifs is 1. The topological polar surface area (TPSA) is 59.4 Å². The number of hydrogen-bond donors (Lipinski definition) is 1. The SMILES string of the molecule is COc1ccc(-c2cc(=O)n3[nH]c(C)c(-c4ccc(F)cc4F)c3n2)cc1. The third-order valence-corrected chi connectivity index (χ3v) is 4.38. The van der Waals surface area contributed by atoms with Gasteiger partial charge in [-0.3, -0.25) is 9.89 Å². The predicted octanol–water partition coefficient (Wildman–Crippen LogP) is 3.95. The maximum Gasteiger partial charge on any atom is 0.273 e. The number of ether oxygens (including phenoxy) is 1. The molecule has 2 heterocycles. The lowest BCUT2D eigenvalue weighted by Gasteiger charge is -2.06. The third kappa shape index (κ3) is 2.87. The molecule has 7 heteroatoms. The summed E-state index contributed by atoms with van der Waals surface area (Å²) in [5.41, 5.74) is 2.26. The van der Waals surface area contributed by atoms with Gasteiger partial charge in [0.25, 0.3) is 5.56 Å². The predicted molar refractivity (Wildman–Crippen MR) is 97.9 cm³/mol. The van der Waals surface area contributed by atoms with E-state index in [1.165, 1.54) is 22.7 Å². The van der Waals surface area contributed by atoms with E-state index < -0.39 is 11.6 Å². The van der Waals surface area contributed by atoms with Crippen molar-refractivity contribution in [3.63, 3.8) is 0 Å². The van der Waals surface area contributed by atoms with Crippen molar-refractivity contribution >= 4 is 5.65 Å². The largest absolute Gasteiger partial charge is 0.497 e. The van der Waals surface area contributed by atoms with Crippen molar-refractivity contribution in [1.82, 2.24) is 14.6 Å². The van der Waals surface area contributed by atoms with Crippen molar-refractivity contribution in [3.05, 3.63) is 76.2 Å². The van der Waals surface area contributed by atoms with Crippen LogP contribution in [-0.4, -0.2) is 21.7 Å². The summed E-state index contributed by atoms with van der Waals surface area (Å²) in [7, 11) is 1.57. The van der Waals surface area contributed by atoms with E-state index in [1.54, 1.807) is 38.3 Å². The van der Waals surface area contributed by atoms with E-state index in [1.807, 2.05) is 0 Å². The summed E-state index contributed by atoms with van der Waals surface area (Å²) in [5.74, 6) is -0.704. The molecular formula is C20H15F2N3O2. The Morgan fingerprint density at radius 1 is 1.07 bits per heavy atom. The second kappa shape index (κ2) is 6.35. The van der Waals surface area contributed by atoms with Crippen LogP contribution in [0.15, 0.2) is 53.3 Å². The Labute approximate surface area is 152 Å². The molecule has 0 aliphatic rings. The minimum Gasteiger partial charge on any atom is -0.497 e. The molecule has 136 valence electrons. The lowest BCUT2D eigenvalue weighted by Crippen LogP contribution is -2.14. The summed E-state index contributed by atoms with van der Waals surface area (Å²) in [6.07, 6.45) is 0. The summed E-state index contributed by atoms with van der Waals surface area (Å²) in [5, 5.41) is 2.89. The Bertz CT molecular complexity index is 1210. The molecule has 0 aliphatic heterocycles. The number of rotatable bonds is 3. The molecule has 0 saturated heterocycles. The van der Waals surface area contributed by atoms with E-state index in [4.69, 9.17) is 4.74 Å². The summed E-state index contributed by atoms with van der Waals surface area (Å²) in [6, 6.07) is 11.8. The van der Waals surface area contributed by atoms with Crippen molar-refractivity contribution in [2.75, 3.05) is 7.11 Å². The lowest BCUT2D eigenvalue weighted by molar-refractivity contribution is 0.415. The monoisotopic (exact) mass is 367 g/mol. The molecule has 0 fully saturated rings. The van der Waals surface area contributed by atoms with E-state index in [0.717, 1.165) is 11.6 Å². The first kappa shape index (κ1) is 17.0. The molecule has 0 unspecified atom stereocenters. The number of aryl methyl sites for hydroxylation is 1. The zero-order chi connectivity index (χ0) is 19.1. The zero-order valence-electron chi connectivity index (χ0n) is 14.6. The zero-order valence-corrected chi connectivity index (χ0v) is 14.6. The van der Waals surface area contributed by atoms with Gasteiger partial charge in [0.1, 0.15) is 17.4 Å².